The van der Waals surface area contributed by atoms with Gasteiger partial charge in [-0.15, -0.1) is 0 Å². The van der Waals surface area contributed by atoms with E-state index in [-0.39, 0.29) is 24.7 Å². The van der Waals surface area contributed by atoms with Crippen LogP contribution < -0.4 is 20.3 Å². The number of hydrogen-bond acceptors (Lipinski definition) is 6. The zero-order valence-electron chi connectivity index (χ0n) is 23.9. The highest BCUT2D eigenvalue weighted by Gasteiger charge is 2.07. The molecule has 0 aliphatic rings. The van der Waals surface area contributed by atoms with Crippen LogP contribution in [0.15, 0.2) is 116 Å². The van der Waals surface area contributed by atoms with Gasteiger partial charge in [-0.1, -0.05) is 92.5 Å². The number of hydrazone groups is 2. The number of nitrogens with zero attached hydrogens (tertiary/aromatic N) is 2. The lowest BCUT2D eigenvalue weighted by atomic mass is 10.2. The van der Waals surface area contributed by atoms with Crippen LogP contribution in [-0.4, -0.2) is 24.2 Å². The van der Waals surface area contributed by atoms with Gasteiger partial charge in [0.2, 0.25) is 11.8 Å². The predicted molar refractivity (Wildman–Crippen MR) is 180 cm³/mol. The Morgan fingerprint density at radius 1 is 0.614 bits per heavy atom. The van der Waals surface area contributed by atoms with Crippen LogP contribution in [-0.2, 0) is 22.8 Å². The highest BCUT2D eigenvalue weighted by atomic mass is 79.9. The first-order valence-electron chi connectivity index (χ1n) is 14.0. The fraction of sp³-hybridized carbons (Fsp3) is 0.176. The molecular formula is C34H32Br2N4O4. The number of rotatable bonds is 15. The van der Waals surface area contributed by atoms with Crippen molar-refractivity contribution in [2.45, 2.75) is 38.9 Å². The lowest BCUT2D eigenvalue weighted by Gasteiger charge is -2.10. The smallest absolute Gasteiger partial charge is 0.240 e. The molecule has 0 radical (unpaired) electrons. The molecule has 0 saturated carbocycles. The lowest BCUT2D eigenvalue weighted by Crippen LogP contribution is -2.19. The normalized spacial score (nSPS) is 11.0. The van der Waals surface area contributed by atoms with Gasteiger partial charge in [0.25, 0.3) is 0 Å². The SMILES string of the molecule is O=C(CCCCC(=O)N/N=C\c1cc(Br)ccc1OCc1ccccc1)N/N=C\c1cc(Br)ccc1OCc1ccccc1. The standard InChI is InChI=1S/C34H32Br2N4O4/c35-29-15-17-31(43-23-25-9-3-1-4-10-25)27(19-29)21-37-39-33(41)13-7-8-14-34(42)40-38-22-28-20-30(36)16-18-32(28)44-24-26-11-5-2-6-12-26/h1-6,9-12,15-22H,7-8,13-14,23-24H2,(H,39,41)(H,40,42)/b37-21-,38-22-. The third kappa shape index (κ3) is 11.4. The number of benzene rings is 4. The molecule has 226 valence electrons. The molecule has 0 saturated heterocycles. The summed E-state index contributed by atoms with van der Waals surface area (Å²) in [6.45, 7) is 0.839. The third-order valence-electron chi connectivity index (χ3n) is 6.26. The fourth-order valence-electron chi connectivity index (χ4n) is 4.00. The maximum absolute atomic E-state index is 12.3. The number of carbonyl (C=O) groups excluding carboxylic acids is 2. The quantitative estimate of drug-likeness (QED) is 0.0754. The van der Waals surface area contributed by atoms with Gasteiger partial charge in [0.15, 0.2) is 0 Å². The average Bonchev–Trinajstić information content (AvgIpc) is 3.03. The maximum atomic E-state index is 12.3. The Kier molecular flexibility index (Phi) is 13.2. The summed E-state index contributed by atoms with van der Waals surface area (Å²) in [6, 6.07) is 30.9. The average molecular weight is 720 g/mol. The molecule has 0 spiro atoms. The van der Waals surface area contributed by atoms with Crippen LogP contribution in [0.3, 0.4) is 0 Å². The summed E-state index contributed by atoms with van der Waals surface area (Å²) >= 11 is 6.92. The molecule has 2 N–H and O–H groups in total. The van der Waals surface area contributed by atoms with Crippen LogP contribution in [0, 0.1) is 0 Å². The van der Waals surface area contributed by atoms with Gasteiger partial charge < -0.3 is 9.47 Å². The van der Waals surface area contributed by atoms with Crippen LogP contribution in [0.25, 0.3) is 0 Å². The van der Waals surface area contributed by atoms with Crippen molar-refractivity contribution < 1.29 is 19.1 Å². The van der Waals surface area contributed by atoms with E-state index >= 15 is 0 Å². The van der Waals surface area contributed by atoms with E-state index in [2.05, 4.69) is 52.9 Å². The Bertz CT molecular complexity index is 1460. The molecule has 0 aromatic heterocycles. The van der Waals surface area contributed by atoms with E-state index in [4.69, 9.17) is 9.47 Å². The highest BCUT2D eigenvalue weighted by Crippen LogP contribution is 2.24. The van der Waals surface area contributed by atoms with Crippen LogP contribution in [0.1, 0.15) is 47.9 Å². The number of halogens is 2. The monoisotopic (exact) mass is 718 g/mol. The molecule has 0 aliphatic heterocycles. The van der Waals surface area contributed by atoms with Gasteiger partial charge in [0.1, 0.15) is 24.7 Å². The minimum atomic E-state index is -0.237. The number of nitrogens with one attached hydrogen (secondary N) is 2. The summed E-state index contributed by atoms with van der Waals surface area (Å²) < 4.78 is 13.6. The van der Waals surface area contributed by atoms with E-state index in [0.717, 1.165) is 31.2 Å². The van der Waals surface area contributed by atoms with Crippen LogP contribution >= 0.6 is 31.9 Å². The molecule has 4 rings (SSSR count). The molecule has 2 amide bonds. The van der Waals surface area contributed by atoms with E-state index in [1.165, 1.54) is 0 Å². The summed E-state index contributed by atoms with van der Waals surface area (Å²) in [5.74, 6) is 0.831. The summed E-state index contributed by atoms with van der Waals surface area (Å²) in [6.07, 6.45) is 4.65. The summed E-state index contributed by atoms with van der Waals surface area (Å²) in [5, 5.41) is 8.18. The van der Waals surface area contributed by atoms with E-state index in [1.807, 2.05) is 97.1 Å². The van der Waals surface area contributed by atoms with Crippen molar-refractivity contribution in [3.05, 3.63) is 128 Å². The first-order valence-corrected chi connectivity index (χ1v) is 15.6. The zero-order valence-corrected chi connectivity index (χ0v) is 27.1. The summed E-state index contributed by atoms with van der Waals surface area (Å²) in [7, 11) is 0. The molecule has 0 atom stereocenters. The number of amides is 2. The molecule has 0 heterocycles. The second-order valence-corrected chi connectivity index (χ2v) is 11.5. The molecule has 0 bridgehead atoms. The van der Waals surface area contributed by atoms with E-state index in [9.17, 15) is 9.59 Å². The van der Waals surface area contributed by atoms with Crippen LogP contribution in [0.5, 0.6) is 11.5 Å². The molecule has 44 heavy (non-hydrogen) atoms. The molecule has 0 aliphatic carbocycles. The Hall–Kier alpha value is -4.28. The van der Waals surface area contributed by atoms with Crippen molar-refractivity contribution in [2.24, 2.45) is 10.2 Å². The van der Waals surface area contributed by atoms with Gasteiger partial charge in [-0.25, -0.2) is 10.9 Å². The zero-order chi connectivity index (χ0) is 31.0. The summed E-state index contributed by atoms with van der Waals surface area (Å²) in [4.78, 5) is 24.5. The number of hydrogen-bond donors (Lipinski definition) is 2. The Balaban J connectivity index is 1.16. The summed E-state index contributed by atoms with van der Waals surface area (Å²) in [5.41, 5.74) is 8.64. The van der Waals surface area contributed by atoms with Crippen molar-refractivity contribution in [2.75, 3.05) is 0 Å². The predicted octanol–water partition coefficient (Wildman–Crippen LogP) is 7.53. The van der Waals surface area contributed by atoms with Crippen molar-refractivity contribution in [3.63, 3.8) is 0 Å². The minimum Gasteiger partial charge on any atom is -0.488 e. The molecular weight excluding hydrogens is 688 g/mol. The van der Waals surface area contributed by atoms with Gasteiger partial charge in [-0.3, -0.25) is 9.59 Å². The van der Waals surface area contributed by atoms with Gasteiger partial charge in [0, 0.05) is 32.9 Å². The van der Waals surface area contributed by atoms with Crippen molar-refractivity contribution in [3.8, 4) is 11.5 Å². The number of unbranched alkanes of at least 4 members (excludes halogenated alkanes) is 1. The van der Waals surface area contributed by atoms with Crippen molar-refractivity contribution in [1.29, 1.82) is 0 Å². The maximum Gasteiger partial charge on any atom is 0.240 e. The molecule has 0 unspecified atom stereocenters. The first kappa shape index (κ1) is 32.6. The molecule has 0 fully saturated rings. The van der Waals surface area contributed by atoms with E-state index in [1.54, 1.807) is 12.4 Å². The molecule has 4 aromatic rings. The number of carbonyl (C=O) groups is 2. The van der Waals surface area contributed by atoms with Crippen LogP contribution in [0.2, 0.25) is 0 Å². The third-order valence-corrected chi connectivity index (χ3v) is 7.25. The van der Waals surface area contributed by atoms with Gasteiger partial charge in [-0.05, 0) is 60.4 Å². The molecule has 8 nitrogen and oxygen atoms in total. The van der Waals surface area contributed by atoms with Crippen LogP contribution in [0.4, 0.5) is 0 Å². The van der Waals surface area contributed by atoms with Gasteiger partial charge >= 0.3 is 0 Å². The molecule has 4 aromatic carbocycles. The Morgan fingerprint density at radius 3 is 1.43 bits per heavy atom. The Morgan fingerprint density at radius 2 is 1.02 bits per heavy atom. The number of ether oxygens (including phenoxy) is 2. The first-order chi connectivity index (χ1) is 21.5. The topological polar surface area (TPSA) is 101 Å². The van der Waals surface area contributed by atoms with E-state index in [0.29, 0.717) is 37.6 Å². The Labute approximate surface area is 273 Å². The lowest BCUT2D eigenvalue weighted by molar-refractivity contribution is -0.123. The van der Waals surface area contributed by atoms with Gasteiger partial charge in [0.05, 0.1) is 12.4 Å². The fourth-order valence-corrected chi connectivity index (χ4v) is 4.76. The minimum absolute atomic E-state index is 0.237. The van der Waals surface area contributed by atoms with Crippen molar-refractivity contribution in [1.82, 2.24) is 10.9 Å². The second kappa shape index (κ2) is 17.7. The van der Waals surface area contributed by atoms with E-state index < -0.39 is 0 Å². The second-order valence-electron chi connectivity index (χ2n) is 9.71. The largest absolute Gasteiger partial charge is 0.488 e. The van der Waals surface area contributed by atoms with Crippen molar-refractivity contribution >= 4 is 56.1 Å². The van der Waals surface area contributed by atoms with Gasteiger partial charge in [-0.2, -0.15) is 10.2 Å². The highest BCUT2D eigenvalue weighted by molar-refractivity contribution is 9.10. The molecule has 10 heteroatoms.